The fraction of sp³-hybridized carbons (Fsp3) is 0.800. The van der Waals surface area contributed by atoms with Crippen molar-refractivity contribution in [3.8, 4) is 0 Å². The number of carboxylic acid groups (broad SMARTS) is 1. The maximum absolute atomic E-state index is 11.8. The van der Waals surface area contributed by atoms with Gasteiger partial charge in [-0.15, -0.1) is 0 Å². The monoisotopic (exact) mass is 213 g/mol. The third-order valence-corrected chi connectivity index (χ3v) is 3.28. The van der Waals surface area contributed by atoms with Crippen molar-refractivity contribution < 1.29 is 19.4 Å². The van der Waals surface area contributed by atoms with Gasteiger partial charge in [0, 0.05) is 14.1 Å². The van der Waals surface area contributed by atoms with Crippen LogP contribution in [0.15, 0.2) is 0 Å². The third kappa shape index (κ3) is 1.51. The summed E-state index contributed by atoms with van der Waals surface area (Å²) >= 11 is 0. The number of carboxylic acids is 1. The standard InChI is InChI=1S/C10H15NO4/c1-11(2)9(12)7-5-3-4-6(15-5)8(7)10(13)14/h5-8H,3-4H2,1-2H3,(H,13,14)/t5-,6?,7?,8?/m1/s1. The van der Waals surface area contributed by atoms with Gasteiger partial charge in [-0.1, -0.05) is 0 Å². The van der Waals surface area contributed by atoms with Gasteiger partial charge in [-0.2, -0.15) is 0 Å². The van der Waals surface area contributed by atoms with Crippen molar-refractivity contribution in [1.29, 1.82) is 0 Å². The van der Waals surface area contributed by atoms with E-state index in [2.05, 4.69) is 0 Å². The molecule has 0 aromatic heterocycles. The van der Waals surface area contributed by atoms with Crippen molar-refractivity contribution in [2.24, 2.45) is 11.8 Å². The molecule has 5 heteroatoms. The molecule has 0 radical (unpaired) electrons. The third-order valence-electron chi connectivity index (χ3n) is 3.28. The van der Waals surface area contributed by atoms with Gasteiger partial charge in [0.05, 0.1) is 24.0 Å². The Bertz CT molecular complexity index is 302. The number of ether oxygens (including phenoxy) is 1. The molecule has 0 saturated carbocycles. The van der Waals surface area contributed by atoms with Crippen LogP contribution in [0, 0.1) is 11.8 Å². The average Bonchev–Trinajstić information content (AvgIpc) is 2.74. The summed E-state index contributed by atoms with van der Waals surface area (Å²) in [6, 6.07) is 0. The lowest BCUT2D eigenvalue weighted by molar-refractivity contribution is -0.149. The second kappa shape index (κ2) is 3.48. The quantitative estimate of drug-likeness (QED) is 0.698. The number of hydrogen-bond donors (Lipinski definition) is 1. The van der Waals surface area contributed by atoms with Gasteiger partial charge in [0.1, 0.15) is 0 Å². The molecule has 2 rings (SSSR count). The fourth-order valence-corrected chi connectivity index (χ4v) is 2.60. The molecule has 0 aromatic rings. The Morgan fingerprint density at radius 1 is 1.20 bits per heavy atom. The highest BCUT2D eigenvalue weighted by Gasteiger charge is 2.55. The molecule has 4 atom stereocenters. The van der Waals surface area contributed by atoms with Crippen LogP contribution in [0.4, 0.5) is 0 Å². The van der Waals surface area contributed by atoms with E-state index in [-0.39, 0.29) is 18.1 Å². The summed E-state index contributed by atoms with van der Waals surface area (Å²) in [5, 5.41) is 9.09. The van der Waals surface area contributed by atoms with E-state index in [4.69, 9.17) is 9.84 Å². The van der Waals surface area contributed by atoms with Gasteiger partial charge in [0.25, 0.3) is 0 Å². The molecule has 5 nitrogen and oxygen atoms in total. The Balaban J connectivity index is 2.22. The number of amides is 1. The first-order valence-corrected chi connectivity index (χ1v) is 5.12. The molecule has 2 aliphatic rings. The van der Waals surface area contributed by atoms with Crippen LogP contribution < -0.4 is 0 Å². The Labute approximate surface area is 88.0 Å². The van der Waals surface area contributed by atoms with E-state index in [0.717, 1.165) is 12.8 Å². The van der Waals surface area contributed by atoms with Crippen LogP contribution in [0.25, 0.3) is 0 Å². The summed E-state index contributed by atoms with van der Waals surface area (Å²) in [5.41, 5.74) is 0. The molecule has 1 amide bonds. The van der Waals surface area contributed by atoms with Crippen LogP contribution in [-0.4, -0.2) is 48.2 Å². The van der Waals surface area contributed by atoms with E-state index in [9.17, 15) is 9.59 Å². The Hall–Kier alpha value is -1.10. The summed E-state index contributed by atoms with van der Waals surface area (Å²) in [5.74, 6) is -2.19. The predicted octanol–water partition coefficient (Wildman–Crippen LogP) is -0.0472. The first-order chi connectivity index (χ1) is 7.02. The number of fused-ring (bicyclic) bond motifs is 2. The zero-order chi connectivity index (χ0) is 11.2. The largest absolute Gasteiger partial charge is 0.481 e. The van der Waals surface area contributed by atoms with Crippen LogP contribution in [0.2, 0.25) is 0 Å². The summed E-state index contributed by atoms with van der Waals surface area (Å²) in [6.45, 7) is 0. The lowest BCUT2D eigenvalue weighted by atomic mass is 9.78. The molecule has 2 heterocycles. The van der Waals surface area contributed by atoms with Crippen LogP contribution in [0.3, 0.4) is 0 Å². The van der Waals surface area contributed by atoms with Crippen molar-refractivity contribution in [2.75, 3.05) is 14.1 Å². The van der Waals surface area contributed by atoms with Gasteiger partial charge in [0.15, 0.2) is 0 Å². The molecule has 0 aromatic carbocycles. The molecule has 3 unspecified atom stereocenters. The minimum atomic E-state index is -0.914. The molecule has 2 saturated heterocycles. The molecule has 84 valence electrons. The van der Waals surface area contributed by atoms with E-state index in [1.807, 2.05) is 0 Å². The van der Waals surface area contributed by atoms with Gasteiger partial charge in [-0.05, 0) is 12.8 Å². The van der Waals surface area contributed by atoms with Crippen molar-refractivity contribution in [3.05, 3.63) is 0 Å². The summed E-state index contributed by atoms with van der Waals surface area (Å²) in [6.07, 6.45) is 1.12. The first-order valence-electron chi connectivity index (χ1n) is 5.12. The fourth-order valence-electron chi connectivity index (χ4n) is 2.60. The van der Waals surface area contributed by atoms with Crippen LogP contribution in [0.5, 0.6) is 0 Å². The number of carbonyl (C=O) groups is 2. The van der Waals surface area contributed by atoms with E-state index < -0.39 is 17.8 Å². The normalized spacial score (nSPS) is 38.0. The van der Waals surface area contributed by atoms with Gasteiger partial charge in [-0.25, -0.2) is 0 Å². The Morgan fingerprint density at radius 2 is 1.73 bits per heavy atom. The number of aliphatic carboxylic acids is 1. The van der Waals surface area contributed by atoms with Gasteiger partial charge in [0.2, 0.25) is 5.91 Å². The smallest absolute Gasteiger partial charge is 0.310 e. The number of hydrogen-bond acceptors (Lipinski definition) is 3. The lowest BCUT2D eigenvalue weighted by Crippen LogP contribution is -2.43. The Morgan fingerprint density at radius 3 is 2.20 bits per heavy atom. The van der Waals surface area contributed by atoms with Crippen molar-refractivity contribution in [3.63, 3.8) is 0 Å². The van der Waals surface area contributed by atoms with E-state index in [1.165, 1.54) is 4.90 Å². The van der Waals surface area contributed by atoms with Gasteiger partial charge < -0.3 is 14.7 Å². The topological polar surface area (TPSA) is 66.8 Å². The molecule has 15 heavy (non-hydrogen) atoms. The first kappa shape index (κ1) is 10.4. The number of rotatable bonds is 2. The molecule has 2 aliphatic heterocycles. The highest BCUT2D eigenvalue weighted by Crippen LogP contribution is 2.44. The minimum absolute atomic E-state index is 0.130. The van der Waals surface area contributed by atoms with Crippen molar-refractivity contribution >= 4 is 11.9 Å². The molecule has 2 bridgehead atoms. The van der Waals surface area contributed by atoms with Gasteiger partial charge in [-0.3, -0.25) is 9.59 Å². The average molecular weight is 213 g/mol. The Kier molecular flexibility index (Phi) is 2.42. The lowest BCUT2D eigenvalue weighted by Gasteiger charge is -2.26. The molecule has 2 fully saturated rings. The summed E-state index contributed by atoms with van der Waals surface area (Å²) in [7, 11) is 3.29. The maximum Gasteiger partial charge on any atom is 0.310 e. The highest BCUT2D eigenvalue weighted by molar-refractivity contribution is 5.86. The molecule has 1 N–H and O–H groups in total. The molecular weight excluding hydrogens is 198 g/mol. The van der Waals surface area contributed by atoms with E-state index >= 15 is 0 Å². The van der Waals surface area contributed by atoms with Crippen LogP contribution in [-0.2, 0) is 14.3 Å². The predicted molar refractivity (Wildman–Crippen MR) is 51.2 cm³/mol. The molecular formula is C10H15NO4. The zero-order valence-electron chi connectivity index (χ0n) is 8.84. The van der Waals surface area contributed by atoms with Crippen molar-refractivity contribution in [2.45, 2.75) is 25.0 Å². The number of nitrogens with zero attached hydrogens (tertiary/aromatic N) is 1. The number of carbonyl (C=O) groups excluding carboxylic acids is 1. The minimum Gasteiger partial charge on any atom is -0.481 e. The highest BCUT2D eigenvalue weighted by atomic mass is 16.5. The zero-order valence-corrected chi connectivity index (χ0v) is 8.84. The SMILES string of the molecule is CN(C)C(=O)C1C(C(=O)O)C2CC[C@H]1O2. The van der Waals surface area contributed by atoms with E-state index in [1.54, 1.807) is 14.1 Å². The summed E-state index contributed by atoms with van der Waals surface area (Å²) in [4.78, 5) is 24.4. The van der Waals surface area contributed by atoms with Crippen molar-refractivity contribution in [1.82, 2.24) is 4.90 Å². The molecule has 0 aliphatic carbocycles. The second-order valence-electron chi connectivity index (χ2n) is 4.41. The summed E-state index contributed by atoms with van der Waals surface area (Å²) < 4.78 is 5.50. The van der Waals surface area contributed by atoms with Gasteiger partial charge >= 0.3 is 5.97 Å². The molecule has 0 spiro atoms. The van der Waals surface area contributed by atoms with E-state index in [0.29, 0.717) is 0 Å². The van der Waals surface area contributed by atoms with Crippen LogP contribution in [0.1, 0.15) is 12.8 Å². The second-order valence-corrected chi connectivity index (χ2v) is 4.41. The van der Waals surface area contributed by atoms with Crippen LogP contribution >= 0.6 is 0 Å². The maximum atomic E-state index is 11.8.